The Balaban J connectivity index is 2.67. The second-order valence-corrected chi connectivity index (χ2v) is 5.35. The fraction of sp³-hybridized carbons (Fsp3) is 0.545. The number of nitrogens with zero attached hydrogens (tertiary/aromatic N) is 1. The van der Waals surface area contributed by atoms with Crippen LogP contribution >= 0.6 is 27.3 Å². The van der Waals surface area contributed by atoms with Crippen LogP contribution in [0.5, 0.6) is 0 Å². The third-order valence-corrected chi connectivity index (χ3v) is 3.57. The standard InChI is InChI=1S/C11H16BrNOS/c1-9(2)13(7-4-6-12)11(14)10-5-3-8-15-10/h3,5,8-9H,4,6-7H2,1-2H3. The molecule has 0 radical (unpaired) electrons. The summed E-state index contributed by atoms with van der Waals surface area (Å²) in [5.41, 5.74) is 0. The minimum absolute atomic E-state index is 0.154. The first-order valence-corrected chi connectivity index (χ1v) is 7.07. The van der Waals surface area contributed by atoms with Gasteiger partial charge in [-0.25, -0.2) is 0 Å². The van der Waals surface area contributed by atoms with Gasteiger partial charge in [-0.3, -0.25) is 4.79 Å². The molecule has 0 N–H and O–H groups in total. The summed E-state index contributed by atoms with van der Waals surface area (Å²) in [5.74, 6) is 0.154. The molecule has 0 saturated carbocycles. The highest BCUT2D eigenvalue weighted by molar-refractivity contribution is 9.09. The zero-order valence-electron chi connectivity index (χ0n) is 9.07. The number of carbonyl (C=O) groups excluding carboxylic acids is 1. The van der Waals surface area contributed by atoms with Crippen molar-refractivity contribution in [3.05, 3.63) is 22.4 Å². The van der Waals surface area contributed by atoms with Gasteiger partial charge in [0.1, 0.15) is 0 Å². The van der Waals surface area contributed by atoms with E-state index in [0.29, 0.717) is 0 Å². The minimum Gasteiger partial charge on any atom is -0.335 e. The van der Waals surface area contributed by atoms with Crippen LogP contribution in [0.15, 0.2) is 17.5 Å². The average Bonchev–Trinajstić information content (AvgIpc) is 2.70. The lowest BCUT2D eigenvalue weighted by molar-refractivity contribution is 0.0712. The fourth-order valence-electron chi connectivity index (χ4n) is 1.37. The van der Waals surface area contributed by atoms with Crippen LogP contribution in [0.2, 0.25) is 0 Å². The van der Waals surface area contributed by atoms with E-state index in [1.807, 2.05) is 22.4 Å². The van der Waals surface area contributed by atoms with Gasteiger partial charge in [-0.2, -0.15) is 0 Å². The normalized spacial score (nSPS) is 10.7. The molecular formula is C11H16BrNOS. The summed E-state index contributed by atoms with van der Waals surface area (Å²) in [5, 5.41) is 2.88. The van der Waals surface area contributed by atoms with Gasteiger partial charge in [0.15, 0.2) is 0 Å². The van der Waals surface area contributed by atoms with Crippen molar-refractivity contribution < 1.29 is 4.79 Å². The summed E-state index contributed by atoms with van der Waals surface area (Å²) >= 11 is 4.90. The van der Waals surface area contributed by atoms with E-state index in [2.05, 4.69) is 29.8 Å². The van der Waals surface area contributed by atoms with Crippen LogP contribution in [-0.4, -0.2) is 28.7 Å². The Hall–Kier alpha value is -0.350. The van der Waals surface area contributed by atoms with Gasteiger partial charge in [-0.1, -0.05) is 22.0 Å². The Morgan fingerprint density at radius 2 is 2.33 bits per heavy atom. The lowest BCUT2D eigenvalue weighted by atomic mass is 10.2. The molecule has 0 spiro atoms. The van der Waals surface area contributed by atoms with Crippen molar-refractivity contribution in [2.75, 3.05) is 11.9 Å². The molecule has 2 nitrogen and oxygen atoms in total. The van der Waals surface area contributed by atoms with Crippen LogP contribution in [0.25, 0.3) is 0 Å². The maximum Gasteiger partial charge on any atom is 0.264 e. The first-order chi connectivity index (χ1) is 7.16. The van der Waals surface area contributed by atoms with E-state index in [-0.39, 0.29) is 11.9 Å². The predicted octanol–water partition coefficient (Wildman–Crippen LogP) is 3.38. The topological polar surface area (TPSA) is 20.3 Å². The molecule has 0 aliphatic carbocycles. The molecule has 15 heavy (non-hydrogen) atoms. The summed E-state index contributed by atoms with van der Waals surface area (Å²) in [6.45, 7) is 4.93. The van der Waals surface area contributed by atoms with Crippen molar-refractivity contribution >= 4 is 33.2 Å². The number of hydrogen-bond acceptors (Lipinski definition) is 2. The third-order valence-electron chi connectivity index (χ3n) is 2.15. The maximum atomic E-state index is 12.1. The summed E-state index contributed by atoms with van der Waals surface area (Å²) in [6, 6.07) is 4.07. The van der Waals surface area contributed by atoms with Crippen molar-refractivity contribution in [2.24, 2.45) is 0 Å². The van der Waals surface area contributed by atoms with Gasteiger partial charge in [-0.15, -0.1) is 11.3 Å². The van der Waals surface area contributed by atoms with Gasteiger partial charge in [0.05, 0.1) is 4.88 Å². The maximum absolute atomic E-state index is 12.1. The summed E-state index contributed by atoms with van der Waals surface area (Å²) in [6.07, 6.45) is 0.995. The number of rotatable bonds is 5. The van der Waals surface area contributed by atoms with Crippen LogP contribution in [-0.2, 0) is 0 Å². The summed E-state index contributed by atoms with van der Waals surface area (Å²) in [7, 11) is 0. The number of thiophene rings is 1. The third kappa shape index (κ3) is 3.61. The molecule has 0 atom stereocenters. The molecule has 1 aromatic rings. The smallest absolute Gasteiger partial charge is 0.264 e. The first kappa shape index (κ1) is 12.7. The monoisotopic (exact) mass is 289 g/mol. The SMILES string of the molecule is CC(C)N(CCCBr)C(=O)c1cccs1. The van der Waals surface area contributed by atoms with Gasteiger partial charge in [0.2, 0.25) is 0 Å². The second-order valence-electron chi connectivity index (χ2n) is 3.61. The molecular weight excluding hydrogens is 274 g/mol. The highest BCUT2D eigenvalue weighted by atomic mass is 79.9. The van der Waals surface area contributed by atoms with E-state index >= 15 is 0 Å². The Kier molecular flexibility index (Phi) is 5.32. The summed E-state index contributed by atoms with van der Waals surface area (Å²) < 4.78 is 0. The predicted molar refractivity (Wildman–Crippen MR) is 68.9 cm³/mol. The van der Waals surface area contributed by atoms with E-state index in [1.165, 1.54) is 11.3 Å². The Labute approximate surface area is 103 Å². The molecule has 0 bridgehead atoms. The van der Waals surface area contributed by atoms with Crippen molar-refractivity contribution in [3.63, 3.8) is 0 Å². The molecule has 0 unspecified atom stereocenters. The minimum atomic E-state index is 0.154. The zero-order valence-corrected chi connectivity index (χ0v) is 11.5. The number of hydrogen-bond donors (Lipinski definition) is 0. The molecule has 1 rings (SSSR count). The second kappa shape index (κ2) is 6.28. The van der Waals surface area contributed by atoms with E-state index in [4.69, 9.17) is 0 Å². The molecule has 1 amide bonds. The molecule has 0 aromatic carbocycles. The number of carbonyl (C=O) groups is 1. The van der Waals surface area contributed by atoms with E-state index in [9.17, 15) is 4.79 Å². The van der Waals surface area contributed by atoms with Crippen LogP contribution in [0.4, 0.5) is 0 Å². The zero-order chi connectivity index (χ0) is 11.3. The van der Waals surface area contributed by atoms with E-state index < -0.39 is 0 Å². The van der Waals surface area contributed by atoms with Gasteiger partial charge in [-0.05, 0) is 31.7 Å². The molecule has 84 valence electrons. The fourth-order valence-corrected chi connectivity index (χ4v) is 2.30. The van der Waals surface area contributed by atoms with Crippen molar-refractivity contribution in [1.29, 1.82) is 0 Å². The highest BCUT2D eigenvalue weighted by Gasteiger charge is 2.18. The molecule has 0 aliphatic rings. The van der Waals surface area contributed by atoms with Gasteiger partial charge in [0, 0.05) is 17.9 Å². The van der Waals surface area contributed by atoms with E-state index in [0.717, 1.165) is 23.2 Å². The van der Waals surface area contributed by atoms with E-state index in [1.54, 1.807) is 0 Å². The van der Waals surface area contributed by atoms with Gasteiger partial charge < -0.3 is 4.90 Å². The average molecular weight is 290 g/mol. The number of halogens is 1. The molecule has 4 heteroatoms. The van der Waals surface area contributed by atoms with Crippen molar-refractivity contribution in [3.8, 4) is 0 Å². The molecule has 0 aliphatic heterocycles. The van der Waals surface area contributed by atoms with Crippen LogP contribution in [0, 0.1) is 0 Å². The Morgan fingerprint density at radius 3 is 2.80 bits per heavy atom. The molecule has 1 heterocycles. The quantitative estimate of drug-likeness (QED) is 0.761. The molecule has 1 aromatic heterocycles. The van der Waals surface area contributed by atoms with Gasteiger partial charge >= 0.3 is 0 Å². The molecule has 0 saturated heterocycles. The summed E-state index contributed by atoms with van der Waals surface area (Å²) in [4.78, 5) is 14.8. The largest absolute Gasteiger partial charge is 0.335 e. The number of amides is 1. The first-order valence-electron chi connectivity index (χ1n) is 5.07. The lowest BCUT2D eigenvalue weighted by Gasteiger charge is -2.25. The van der Waals surface area contributed by atoms with Crippen LogP contribution < -0.4 is 0 Å². The van der Waals surface area contributed by atoms with Gasteiger partial charge in [0.25, 0.3) is 5.91 Å². The lowest BCUT2D eigenvalue weighted by Crippen LogP contribution is -2.37. The van der Waals surface area contributed by atoms with Crippen molar-refractivity contribution in [1.82, 2.24) is 4.90 Å². The van der Waals surface area contributed by atoms with Crippen LogP contribution in [0.1, 0.15) is 29.9 Å². The Morgan fingerprint density at radius 1 is 1.60 bits per heavy atom. The van der Waals surface area contributed by atoms with Crippen LogP contribution in [0.3, 0.4) is 0 Å². The molecule has 0 fully saturated rings. The number of alkyl halides is 1. The Bertz CT molecular complexity index is 298. The van der Waals surface area contributed by atoms with Crippen molar-refractivity contribution in [2.45, 2.75) is 26.3 Å². The highest BCUT2D eigenvalue weighted by Crippen LogP contribution is 2.14.